The van der Waals surface area contributed by atoms with E-state index < -0.39 is 6.04 Å². The van der Waals surface area contributed by atoms with Crippen LogP contribution in [0.5, 0.6) is 5.75 Å². The number of carbonyl (C=O) groups is 1. The van der Waals surface area contributed by atoms with E-state index in [0.717, 1.165) is 22.4 Å². The first kappa shape index (κ1) is 15.5. The number of methoxy groups -OCH3 is 1. The van der Waals surface area contributed by atoms with Crippen molar-refractivity contribution in [2.45, 2.75) is 26.4 Å². The summed E-state index contributed by atoms with van der Waals surface area (Å²) < 4.78 is 5.36. The van der Waals surface area contributed by atoms with E-state index in [0.29, 0.717) is 6.54 Å². The Kier molecular flexibility index (Phi) is 5.32. The van der Waals surface area contributed by atoms with Crippen molar-refractivity contribution in [1.82, 2.24) is 4.90 Å². The lowest BCUT2D eigenvalue weighted by molar-refractivity contribution is -0.132. The van der Waals surface area contributed by atoms with Crippen molar-refractivity contribution in [3.63, 3.8) is 0 Å². The summed E-state index contributed by atoms with van der Waals surface area (Å²) in [7, 11) is 3.27. The molecular formula is C14H22N2O3. The van der Waals surface area contributed by atoms with E-state index >= 15 is 0 Å². The lowest BCUT2D eigenvalue weighted by Crippen LogP contribution is -2.43. The molecule has 0 radical (unpaired) electrons. The minimum absolute atomic E-state index is 0.287. The monoisotopic (exact) mass is 266 g/mol. The fourth-order valence-corrected chi connectivity index (χ4v) is 2.02. The summed E-state index contributed by atoms with van der Waals surface area (Å²) in [5.41, 5.74) is 8.66. The van der Waals surface area contributed by atoms with Gasteiger partial charge in [-0.25, -0.2) is 0 Å². The molecule has 1 aromatic carbocycles. The van der Waals surface area contributed by atoms with Gasteiger partial charge >= 0.3 is 0 Å². The van der Waals surface area contributed by atoms with Crippen LogP contribution in [0.15, 0.2) is 12.1 Å². The molecule has 0 spiro atoms. The highest BCUT2D eigenvalue weighted by Crippen LogP contribution is 2.25. The molecule has 1 aromatic rings. The third-order valence-corrected chi connectivity index (χ3v) is 3.08. The molecule has 1 amide bonds. The Labute approximate surface area is 114 Å². The third-order valence-electron chi connectivity index (χ3n) is 3.08. The van der Waals surface area contributed by atoms with E-state index in [1.54, 1.807) is 14.2 Å². The number of rotatable bonds is 5. The van der Waals surface area contributed by atoms with Crippen LogP contribution in [0.3, 0.4) is 0 Å². The number of nitrogens with zero attached hydrogens (tertiary/aromatic N) is 1. The summed E-state index contributed by atoms with van der Waals surface area (Å²) >= 11 is 0. The van der Waals surface area contributed by atoms with Crippen LogP contribution in [-0.2, 0) is 11.3 Å². The lowest BCUT2D eigenvalue weighted by atomic mass is 10.0. The van der Waals surface area contributed by atoms with Crippen molar-refractivity contribution in [1.29, 1.82) is 0 Å². The zero-order valence-electron chi connectivity index (χ0n) is 11.9. The van der Waals surface area contributed by atoms with Crippen molar-refractivity contribution < 1.29 is 14.6 Å². The van der Waals surface area contributed by atoms with Gasteiger partial charge in [-0.05, 0) is 31.0 Å². The molecule has 0 fully saturated rings. The normalized spacial score (nSPS) is 12.1. The van der Waals surface area contributed by atoms with Gasteiger partial charge < -0.3 is 20.5 Å². The first-order valence-corrected chi connectivity index (χ1v) is 6.16. The first-order valence-electron chi connectivity index (χ1n) is 6.16. The minimum Gasteiger partial charge on any atom is -0.496 e. The summed E-state index contributed by atoms with van der Waals surface area (Å²) in [5.74, 6) is 0.472. The van der Waals surface area contributed by atoms with Crippen LogP contribution in [0, 0.1) is 13.8 Å². The van der Waals surface area contributed by atoms with Crippen LogP contribution in [0.4, 0.5) is 0 Å². The average Bonchev–Trinajstić information content (AvgIpc) is 2.39. The van der Waals surface area contributed by atoms with Crippen LogP contribution in [0.25, 0.3) is 0 Å². The average molecular weight is 266 g/mol. The molecule has 5 nitrogen and oxygen atoms in total. The van der Waals surface area contributed by atoms with Gasteiger partial charge in [0.05, 0.1) is 13.7 Å². The number of nitrogens with two attached hydrogens (primary N) is 1. The molecule has 1 rings (SSSR count). The van der Waals surface area contributed by atoms with Gasteiger partial charge in [0.15, 0.2) is 0 Å². The number of likely N-dealkylation sites (N-methyl/N-ethyl adjacent to an activating group) is 1. The maximum atomic E-state index is 11.9. The second-order valence-electron chi connectivity index (χ2n) is 4.75. The lowest BCUT2D eigenvalue weighted by Gasteiger charge is -2.23. The Balaban J connectivity index is 2.96. The van der Waals surface area contributed by atoms with Gasteiger partial charge in [-0.3, -0.25) is 4.79 Å². The number of benzene rings is 1. The number of aliphatic hydroxyl groups excluding tert-OH is 1. The molecule has 0 saturated carbocycles. The van der Waals surface area contributed by atoms with Crippen LogP contribution >= 0.6 is 0 Å². The molecule has 19 heavy (non-hydrogen) atoms. The quantitative estimate of drug-likeness (QED) is 0.818. The van der Waals surface area contributed by atoms with Crippen molar-refractivity contribution in [2.24, 2.45) is 5.73 Å². The zero-order chi connectivity index (χ0) is 14.6. The molecule has 3 N–H and O–H groups in total. The molecule has 106 valence electrons. The maximum Gasteiger partial charge on any atom is 0.241 e. The van der Waals surface area contributed by atoms with E-state index in [9.17, 15) is 4.79 Å². The van der Waals surface area contributed by atoms with Crippen molar-refractivity contribution in [3.05, 3.63) is 28.8 Å². The summed E-state index contributed by atoms with van der Waals surface area (Å²) in [6, 6.07) is 3.11. The summed E-state index contributed by atoms with van der Waals surface area (Å²) in [4.78, 5) is 13.4. The maximum absolute atomic E-state index is 11.9. The van der Waals surface area contributed by atoms with E-state index in [-0.39, 0.29) is 12.5 Å². The third kappa shape index (κ3) is 3.68. The number of aryl methyl sites for hydroxylation is 2. The SMILES string of the molecule is COc1cc(C)cc(C)c1CN(C)C(=O)C(N)CO. The molecule has 0 aliphatic carbocycles. The number of hydrogen-bond acceptors (Lipinski definition) is 4. The number of ether oxygens (including phenoxy) is 1. The molecule has 5 heteroatoms. The molecule has 0 saturated heterocycles. The first-order chi connectivity index (χ1) is 8.90. The van der Waals surface area contributed by atoms with E-state index in [2.05, 4.69) is 0 Å². The van der Waals surface area contributed by atoms with Crippen LogP contribution < -0.4 is 10.5 Å². The zero-order valence-corrected chi connectivity index (χ0v) is 11.9. The highest BCUT2D eigenvalue weighted by Gasteiger charge is 2.19. The largest absolute Gasteiger partial charge is 0.496 e. The predicted molar refractivity (Wildman–Crippen MR) is 74.0 cm³/mol. The fourth-order valence-electron chi connectivity index (χ4n) is 2.02. The van der Waals surface area contributed by atoms with Gasteiger partial charge in [-0.15, -0.1) is 0 Å². The molecule has 0 heterocycles. The summed E-state index contributed by atoms with van der Waals surface area (Å²) in [6.07, 6.45) is 0. The Hall–Kier alpha value is -1.59. The van der Waals surface area contributed by atoms with Gasteiger partial charge in [0, 0.05) is 19.2 Å². The van der Waals surface area contributed by atoms with E-state index in [1.165, 1.54) is 4.90 Å². The van der Waals surface area contributed by atoms with Gasteiger partial charge in [0.25, 0.3) is 0 Å². The number of aliphatic hydroxyl groups is 1. The smallest absolute Gasteiger partial charge is 0.241 e. The van der Waals surface area contributed by atoms with Crippen LogP contribution in [0.1, 0.15) is 16.7 Å². The van der Waals surface area contributed by atoms with Gasteiger partial charge in [-0.1, -0.05) is 6.07 Å². The highest BCUT2D eigenvalue weighted by atomic mass is 16.5. The number of hydrogen-bond donors (Lipinski definition) is 2. The Morgan fingerprint density at radius 2 is 2.11 bits per heavy atom. The van der Waals surface area contributed by atoms with E-state index in [4.69, 9.17) is 15.6 Å². The van der Waals surface area contributed by atoms with Crippen molar-refractivity contribution >= 4 is 5.91 Å². The predicted octanol–water partition coefficient (Wildman–Crippen LogP) is 0.590. The Morgan fingerprint density at radius 3 is 2.63 bits per heavy atom. The molecule has 0 aliphatic rings. The van der Waals surface area contributed by atoms with Gasteiger partial charge in [0.2, 0.25) is 5.91 Å². The minimum atomic E-state index is -0.873. The van der Waals surface area contributed by atoms with Gasteiger partial charge in [-0.2, -0.15) is 0 Å². The summed E-state index contributed by atoms with van der Waals surface area (Å²) in [5, 5.41) is 8.91. The van der Waals surface area contributed by atoms with Crippen LogP contribution in [-0.4, -0.2) is 42.7 Å². The fraction of sp³-hybridized carbons (Fsp3) is 0.500. The topological polar surface area (TPSA) is 75.8 Å². The van der Waals surface area contributed by atoms with E-state index in [1.807, 2.05) is 26.0 Å². The Bertz CT molecular complexity index is 460. The van der Waals surface area contributed by atoms with Crippen molar-refractivity contribution in [3.8, 4) is 5.75 Å². The number of carbonyl (C=O) groups excluding carboxylic acids is 1. The van der Waals surface area contributed by atoms with Crippen molar-refractivity contribution in [2.75, 3.05) is 20.8 Å². The second kappa shape index (κ2) is 6.54. The highest BCUT2D eigenvalue weighted by molar-refractivity contribution is 5.81. The molecule has 0 aliphatic heterocycles. The molecule has 1 atom stereocenters. The summed E-state index contributed by atoms with van der Waals surface area (Å²) in [6.45, 7) is 4.03. The Morgan fingerprint density at radius 1 is 1.47 bits per heavy atom. The van der Waals surface area contributed by atoms with Gasteiger partial charge in [0.1, 0.15) is 11.8 Å². The number of amides is 1. The molecule has 0 bridgehead atoms. The molecular weight excluding hydrogens is 244 g/mol. The van der Waals surface area contributed by atoms with Crippen LogP contribution in [0.2, 0.25) is 0 Å². The standard InChI is InChI=1S/C14H22N2O3/c1-9-5-10(2)11(13(6-9)19-4)7-16(3)14(18)12(15)8-17/h5-6,12,17H,7-8,15H2,1-4H3. The molecule has 0 aromatic heterocycles. The molecule has 1 unspecified atom stereocenters. The second-order valence-corrected chi connectivity index (χ2v) is 4.75.